The predicted molar refractivity (Wildman–Crippen MR) is 77.0 cm³/mol. The quantitative estimate of drug-likeness (QED) is 0.848. The molecule has 1 unspecified atom stereocenters. The Kier molecular flexibility index (Phi) is 4.56. The van der Waals surface area contributed by atoms with Crippen molar-refractivity contribution in [3.63, 3.8) is 0 Å². The third kappa shape index (κ3) is 3.65. The summed E-state index contributed by atoms with van der Waals surface area (Å²) in [6.45, 7) is 1.75. The predicted octanol–water partition coefficient (Wildman–Crippen LogP) is 3.38. The van der Waals surface area contributed by atoms with E-state index in [1.807, 2.05) is 0 Å². The number of thioether (sulfide) groups is 1. The molecule has 1 N–H and O–H groups in total. The standard InChI is InChI=1S/C14H14ClFN2OS/c1-14(8-17,9-2-3-9)18-13(19)7-20-10-4-5-12(16)11(15)6-10/h4-6,9H,2-3,7H2,1H3,(H,18,19). The Balaban J connectivity index is 1.89. The summed E-state index contributed by atoms with van der Waals surface area (Å²) in [6.07, 6.45) is 1.95. The van der Waals surface area contributed by atoms with Crippen molar-refractivity contribution < 1.29 is 9.18 Å². The Labute approximate surface area is 126 Å². The minimum absolute atomic E-state index is 0.0373. The summed E-state index contributed by atoms with van der Waals surface area (Å²) in [5.41, 5.74) is -0.780. The van der Waals surface area contributed by atoms with Gasteiger partial charge in [0.05, 0.1) is 16.8 Å². The van der Waals surface area contributed by atoms with Gasteiger partial charge in [-0.05, 0) is 43.9 Å². The van der Waals surface area contributed by atoms with Crippen LogP contribution in [0.4, 0.5) is 4.39 Å². The maximum atomic E-state index is 13.0. The summed E-state index contributed by atoms with van der Waals surface area (Å²) in [5, 5.41) is 12.0. The highest BCUT2D eigenvalue weighted by molar-refractivity contribution is 8.00. The van der Waals surface area contributed by atoms with E-state index >= 15 is 0 Å². The lowest BCUT2D eigenvalue weighted by atomic mass is 9.98. The molecule has 1 atom stereocenters. The molecular weight excluding hydrogens is 299 g/mol. The molecule has 106 valence electrons. The van der Waals surface area contributed by atoms with Crippen molar-refractivity contribution in [2.45, 2.75) is 30.2 Å². The molecule has 1 fully saturated rings. The number of amides is 1. The minimum atomic E-state index is -0.780. The number of carbonyl (C=O) groups excluding carboxylic acids is 1. The zero-order valence-corrected chi connectivity index (χ0v) is 12.5. The van der Waals surface area contributed by atoms with Gasteiger partial charge in [0.25, 0.3) is 0 Å². The SMILES string of the molecule is CC(C#N)(NC(=O)CSc1ccc(F)c(Cl)c1)C1CC1. The highest BCUT2D eigenvalue weighted by atomic mass is 35.5. The van der Waals surface area contributed by atoms with Gasteiger partial charge < -0.3 is 5.32 Å². The Morgan fingerprint density at radius 2 is 2.35 bits per heavy atom. The van der Waals surface area contributed by atoms with Crippen LogP contribution in [-0.2, 0) is 4.79 Å². The maximum Gasteiger partial charge on any atom is 0.231 e. The lowest BCUT2D eigenvalue weighted by Crippen LogP contribution is -2.47. The number of nitrogens with zero attached hydrogens (tertiary/aromatic N) is 1. The molecule has 0 bridgehead atoms. The zero-order chi connectivity index (χ0) is 14.8. The number of nitrogens with one attached hydrogen (secondary N) is 1. The minimum Gasteiger partial charge on any atom is -0.337 e. The van der Waals surface area contributed by atoms with E-state index in [1.54, 1.807) is 13.0 Å². The van der Waals surface area contributed by atoms with E-state index in [2.05, 4.69) is 11.4 Å². The lowest BCUT2D eigenvalue weighted by molar-refractivity contribution is -0.119. The summed E-state index contributed by atoms with van der Waals surface area (Å²) in [7, 11) is 0. The van der Waals surface area contributed by atoms with E-state index in [-0.39, 0.29) is 22.6 Å². The van der Waals surface area contributed by atoms with E-state index in [4.69, 9.17) is 16.9 Å². The Morgan fingerprint density at radius 3 is 2.90 bits per heavy atom. The summed E-state index contributed by atoms with van der Waals surface area (Å²) in [4.78, 5) is 12.6. The average molecular weight is 313 g/mol. The van der Waals surface area contributed by atoms with Gasteiger partial charge in [-0.2, -0.15) is 5.26 Å². The third-order valence-electron chi connectivity index (χ3n) is 3.29. The molecular formula is C14H14ClFN2OS. The number of hydrogen-bond acceptors (Lipinski definition) is 3. The van der Waals surface area contributed by atoms with Crippen LogP contribution in [0.15, 0.2) is 23.1 Å². The summed E-state index contributed by atoms with van der Waals surface area (Å²) in [6, 6.07) is 6.50. The van der Waals surface area contributed by atoms with E-state index in [0.29, 0.717) is 0 Å². The molecule has 1 amide bonds. The first kappa shape index (κ1) is 15.1. The zero-order valence-electron chi connectivity index (χ0n) is 11.0. The first-order chi connectivity index (χ1) is 9.44. The average Bonchev–Trinajstić information content (AvgIpc) is 3.25. The second-order valence-electron chi connectivity index (χ2n) is 5.00. The summed E-state index contributed by atoms with van der Waals surface area (Å²) in [5.74, 6) is -0.259. The Morgan fingerprint density at radius 1 is 1.65 bits per heavy atom. The third-order valence-corrected chi connectivity index (χ3v) is 4.57. The van der Waals surface area contributed by atoms with E-state index in [0.717, 1.165) is 17.7 Å². The van der Waals surface area contributed by atoms with Crippen molar-refractivity contribution in [2.24, 2.45) is 5.92 Å². The van der Waals surface area contributed by atoms with Gasteiger partial charge in [0.1, 0.15) is 11.4 Å². The maximum absolute atomic E-state index is 13.0. The Hall–Kier alpha value is -1.25. The summed E-state index contributed by atoms with van der Waals surface area (Å²) >= 11 is 6.94. The van der Waals surface area contributed by atoms with Gasteiger partial charge in [-0.1, -0.05) is 11.6 Å². The lowest BCUT2D eigenvalue weighted by Gasteiger charge is -2.22. The van der Waals surface area contributed by atoms with E-state index < -0.39 is 11.4 Å². The van der Waals surface area contributed by atoms with Gasteiger partial charge in [-0.25, -0.2) is 4.39 Å². The van der Waals surface area contributed by atoms with Crippen LogP contribution in [0.1, 0.15) is 19.8 Å². The van der Waals surface area contributed by atoms with Gasteiger partial charge in [-0.3, -0.25) is 4.79 Å². The van der Waals surface area contributed by atoms with E-state index in [1.165, 1.54) is 23.9 Å². The molecule has 2 rings (SSSR count). The molecule has 0 aliphatic heterocycles. The fourth-order valence-corrected chi connectivity index (χ4v) is 2.90. The van der Waals surface area contributed by atoms with Crippen LogP contribution in [0.3, 0.4) is 0 Å². The number of rotatable bonds is 5. The number of benzene rings is 1. The van der Waals surface area contributed by atoms with Crippen molar-refractivity contribution in [1.82, 2.24) is 5.32 Å². The summed E-state index contributed by atoms with van der Waals surface area (Å²) < 4.78 is 13.0. The monoisotopic (exact) mass is 312 g/mol. The highest BCUT2D eigenvalue weighted by Gasteiger charge is 2.42. The van der Waals surface area contributed by atoms with Crippen molar-refractivity contribution in [2.75, 3.05) is 5.75 Å². The fourth-order valence-electron chi connectivity index (χ4n) is 1.92. The van der Waals surface area contributed by atoms with Gasteiger partial charge in [0.2, 0.25) is 5.91 Å². The number of nitriles is 1. The largest absolute Gasteiger partial charge is 0.337 e. The van der Waals surface area contributed by atoms with E-state index in [9.17, 15) is 9.18 Å². The second-order valence-corrected chi connectivity index (χ2v) is 6.46. The molecule has 20 heavy (non-hydrogen) atoms. The van der Waals surface area contributed by atoms with Gasteiger partial charge in [0.15, 0.2) is 0 Å². The number of halogens is 2. The van der Waals surface area contributed by atoms with Crippen LogP contribution in [0.25, 0.3) is 0 Å². The van der Waals surface area contributed by atoms with Crippen molar-refractivity contribution in [3.8, 4) is 6.07 Å². The molecule has 1 saturated carbocycles. The van der Waals surface area contributed by atoms with Gasteiger partial charge in [-0.15, -0.1) is 11.8 Å². The van der Waals surface area contributed by atoms with Crippen LogP contribution < -0.4 is 5.32 Å². The van der Waals surface area contributed by atoms with Crippen LogP contribution >= 0.6 is 23.4 Å². The topological polar surface area (TPSA) is 52.9 Å². The smallest absolute Gasteiger partial charge is 0.231 e. The molecule has 3 nitrogen and oxygen atoms in total. The molecule has 0 heterocycles. The molecule has 0 aromatic heterocycles. The van der Waals surface area contributed by atoms with Crippen LogP contribution in [0, 0.1) is 23.1 Å². The molecule has 1 aliphatic carbocycles. The van der Waals surface area contributed by atoms with Crippen LogP contribution in [0.5, 0.6) is 0 Å². The molecule has 6 heteroatoms. The van der Waals surface area contributed by atoms with Crippen LogP contribution in [0.2, 0.25) is 5.02 Å². The fraction of sp³-hybridized carbons (Fsp3) is 0.429. The number of carbonyl (C=O) groups is 1. The van der Waals surface area contributed by atoms with Gasteiger partial charge in [0, 0.05) is 4.90 Å². The number of hydrogen-bond donors (Lipinski definition) is 1. The van der Waals surface area contributed by atoms with Crippen molar-refractivity contribution in [3.05, 3.63) is 29.0 Å². The molecule has 1 aromatic rings. The molecule has 1 aliphatic rings. The second kappa shape index (κ2) is 6.02. The van der Waals surface area contributed by atoms with Crippen LogP contribution in [-0.4, -0.2) is 17.2 Å². The molecule has 1 aromatic carbocycles. The van der Waals surface area contributed by atoms with Crippen molar-refractivity contribution in [1.29, 1.82) is 5.26 Å². The normalized spacial score (nSPS) is 17.1. The first-order valence-corrected chi connectivity index (χ1v) is 7.61. The molecule has 0 spiro atoms. The molecule has 0 saturated heterocycles. The Bertz CT molecular complexity index is 571. The molecule has 0 radical (unpaired) electrons. The van der Waals surface area contributed by atoms with Crippen molar-refractivity contribution >= 4 is 29.3 Å². The highest BCUT2D eigenvalue weighted by Crippen LogP contribution is 2.39. The van der Waals surface area contributed by atoms with Gasteiger partial charge >= 0.3 is 0 Å². The first-order valence-electron chi connectivity index (χ1n) is 6.25.